The zero-order chi connectivity index (χ0) is 18.1. The molecule has 0 aliphatic carbocycles. The fraction of sp³-hybridized carbons (Fsp3) is 0.375. The lowest BCUT2D eigenvalue weighted by atomic mass is 10.2. The molecule has 1 saturated heterocycles. The first kappa shape index (κ1) is 18.1. The van der Waals surface area contributed by atoms with Crippen LogP contribution in [-0.4, -0.2) is 22.3 Å². The van der Waals surface area contributed by atoms with Crippen LogP contribution in [0.5, 0.6) is 5.75 Å². The van der Waals surface area contributed by atoms with Gasteiger partial charge >= 0.3 is 8.60 Å². The Balaban J connectivity index is 1.32. The van der Waals surface area contributed by atoms with Gasteiger partial charge in [-0.25, -0.2) is 0 Å². The SMILES string of the molecule is O=c1ccn(C2CCC(COP3OCc4cc(Cl)ccc4O3)O2)c(=S)[nH]1. The molecule has 1 N–H and O–H groups in total. The first-order valence-electron chi connectivity index (χ1n) is 8.08. The lowest BCUT2D eigenvalue weighted by Gasteiger charge is -2.25. The number of nitrogens with one attached hydrogen (secondary N) is 1. The highest BCUT2D eigenvalue weighted by Gasteiger charge is 2.30. The third-order valence-electron chi connectivity index (χ3n) is 4.13. The number of hydrogen-bond donors (Lipinski definition) is 1. The van der Waals surface area contributed by atoms with Gasteiger partial charge in [-0.05, 0) is 43.3 Å². The van der Waals surface area contributed by atoms with Crippen molar-refractivity contribution in [3.8, 4) is 5.75 Å². The highest BCUT2D eigenvalue weighted by molar-refractivity contribution is 7.71. The van der Waals surface area contributed by atoms with E-state index in [9.17, 15) is 4.79 Å². The number of H-pyrrole nitrogens is 1. The van der Waals surface area contributed by atoms with Crippen molar-refractivity contribution >= 4 is 32.4 Å². The van der Waals surface area contributed by atoms with E-state index in [4.69, 9.17) is 42.1 Å². The minimum Gasteiger partial charge on any atom is -0.426 e. The Bertz CT molecular complexity index is 920. The van der Waals surface area contributed by atoms with E-state index in [0.29, 0.717) is 23.0 Å². The summed E-state index contributed by atoms with van der Waals surface area (Å²) in [7, 11) is -1.46. The molecule has 1 aromatic heterocycles. The van der Waals surface area contributed by atoms with E-state index in [1.807, 2.05) is 12.1 Å². The van der Waals surface area contributed by atoms with Crippen molar-refractivity contribution in [1.29, 1.82) is 0 Å². The second-order valence-corrected chi connectivity index (χ2v) is 7.91. The van der Waals surface area contributed by atoms with E-state index < -0.39 is 8.60 Å². The van der Waals surface area contributed by atoms with Crippen LogP contribution < -0.4 is 10.1 Å². The zero-order valence-electron chi connectivity index (χ0n) is 13.6. The van der Waals surface area contributed by atoms with Gasteiger partial charge in [0.25, 0.3) is 5.56 Å². The molecule has 0 bridgehead atoms. The summed E-state index contributed by atoms with van der Waals surface area (Å²) in [5.41, 5.74) is 0.685. The van der Waals surface area contributed by atoms with Crippen molar-refractivity contribution in [2.24, 2.45) is 0 Å². The van der Waals surface area contributed by atoms with Crippen LogP contribution in [0.25, 0.3) is 0 Å². The average molecular weight is 415 g/mol. The Morgan fingerprint density at radius 2 is 2.27 bits per heavy atom. The van der Waals surface area contributed by atoms with Crippen molar-refractivity contribution in [2.45, 2.75) is 31.8 Å². The summed E-state index contributed by atoms with van der Waals surface area (Å²) in [6.45, 7) is 0.768. The maximum absolute atomic E-state index is 11.3. The van der Waals surface area contributed by atoms with E-state index in [1.54, 1.807) is 16.8 Å². The first-order chi connectivity index (χ1) is 12.6. The molecule has 4 rings (SSSR count). The number of aromatic amines is 1. The highest BCUT2D eigenvalue weighted by Crippen LogP contribution is 2.48. The summed E-state index contributed by atoms with van der Waals surface area (Å²) < 4.78 is 25.2. The lowest BCUT2D eigenvalue weighted by molar-refractivity contribution is -0.0220. The molecule has 3 heterocycles. The van der Waals surface area contributed by atoms with Crippen LogP contribution in [-0.2, 0) is 20.4 Å². The number of hydrogen-bond acceptors (Lipinski definition) is 6. The predicted octanol–water partition coefficient (Wildman–Crippen LogP) is 4.09. The van der Waals surface area contributed by atoms with Gasteiger partial charge < -0.3 is 9.26 Å². The van der Waals surface area contributed by atoms with E-state index in [0.717, 1.165) is 24.2 Å². The minimum atomic E-state index is -1.46. The topological polar surface area (TPSA) is 74.7 Å². The number of halogens is 1. The van der Waals surface area contributed by atoms with Crippen molar-refractivity contribution in [3.63, 3.8) is 0 Å². The maximum Gasteiger partial charge on any atom is 0.397 e. The number of rotatable bonds is 4. The van der Waals surface area contributed by atoms with Gasteiger partial charge in [-0.3, -0.25) is 23.4 Å². The maximum atomic E-state index is 11.3. The van der Waals surface area contributed by atoms with Crippen molar-refractivity contribution in [1.82, 2.24) is 9.55 Å². The van der Waals surface area contributed by atoms with Gasteiger partial charge in [0.2, 0.25) is 0 Å². The molecular formula is C16H16ClN2O5PS. The number of benzene rings is 1. The van der Waals surface area contributed by atoms with Crippen LogP contribution in [0.3, 0.4) is 0 Å². The normalized spacial score (nSPS) is 24.9. The monoisotopic (exact) mass is 414 g/mol. The van der Waals surface area contributed by atoms with Crippen molar-refractivity contribution in [2.75, 3.05) is 6.61 Å². The second kappa shape index (κ2) is 7.76. The quantitative estimate of drug-likeness (QED) is 0.600. The van der Waals surface area contributed by atoms with Crippen LogP contribution in [0.15, 0.2) is 35.3 Å². The first-order valence-corrected chi connectivity index (χ1v) is 9.96. The summed E-state index contributed by atoms with van der Waals surface area (Å²) in [5.74, 6) is 0.733. The predicted molar refractivity (Wildman–Crippen MR) is 98.8 cm³/mol. The largest absolute Gasteiger partial charge is 0.426 e. The number of ether oxygens (including phenoxy) is 1. The zero-order valence-corrected chi connectivity index (χ0v) is 16.1. The summed E-state index contributed by atoms with van der Waals surface area (Å²) in [6.07, 6.45) is 2.96. The molecule has 10 heteroatoms. The molecule has 1 aromatic carbocycles. The molecule has 26 heavy (non-hydrogen) atoms. The van der Waals surface area contributed by atoms with E-state index in [-0.39, 0.29) is 17.9 Å². The molecule has 2 aromatic rings. The van der Waals surface area contributed by atoms with Gasteiger partial charge in [-0.2, -0.15) is 0 Å². The van der Waals surface area contributed by atoms with E-state index in [1.165, 1.54) is 6.07 Å². The van der Waals surface area contributed by atoms with Crippen LogP contribution >= 0.6 is 32.4 Å². The molecule has 0 radical (unpaired) electrons. The molecule has 1 fully saturated rings. The van der Waals surface area contributed by atoms with Crippen LogP contribution in [0.1, 0.15) is 24.6 Å². The highest BCUT2D eigenvalue weighted by atomic mass is 35.5. The Labute approximate surface area is 160 Å². The molecule has 0 amide bonds. The summed E-state index contributed by atoms with van der Waals surface area (Å²) >= 11 is 11.1. The molecule has 0 spiro atoms. The summed E-state index contributed by atoms with van der Waals surface area (Å²) in [5, 5.41) is 0.648. The number of aromatic nitrogens is 2. The van der Waals surface area contributed by atoms with Gasteiger partial charge in [-0.1, -0.05) is 11.6 Å². The molecule has 2 aliphatic heterocycles. The molecule has 138 valence electrons. The molecule has 3 atom stereocenters. The van der Waals surface area contributed by atoms with Gasteiger partial charge in [0, 0.05) is 22.8 Å². The third kappa shape index (κ3) is 4.01. The van der Waals surface area contributed by atoms with Crippen molar-refractivity contribution < 1.29 is 18.3 Å². The third-order valence-corrected chi connectivity index (χ3v) is 5.73. The van der Waals surface area contributed by atoms with Crippen LogP contribution in [0, 0.1) is 4.77 Å². The van der Waals surface area contributed by atoms with Crippen LogP contribution in [0.2, 0.25) is 5.02 Å². The molecular weight excluding hydrogens is 399 g/mol. The lowest BCUT2D eigenvalue weighted by Crippen LogP contribution is -2.19. The van der Waals surface area contributed by atoms with Gasteiger partial charge in [0.05, 0.1) is 19.3 Å². The fourth-order valence-electron chi connectivity index (χ4n) is 2.85. The average Bonchev–Trinajstić information content (AvgIpc) is 3.08. The molecule has 3 unspecified atom stereocenters. The second-order valence-electron chi connectivity index (χ2n) is 5.94. The molecule has 0 saturated carbocycles. The Kier molecular flexibility index (Phi) is 5.40. The van der Waals surface area contributed by atoms with Crippen molar-refractivity contribution in [3.05, 3.63) is 56.2 Å². The molecule has 2 aliphatic rings. The Morgan fingerprint density at radius 1 is 1.38 bits per heavy atom. The van der Waals surface area contributed by atoms with E-state index >= 15 is 0 Å². The van der Waals surface area contributed by atoms with E-state index in [2.05, 4.69) is 4.98 Å². The number of fused-ring (bicyclic) bond motifs is 1. The fourth-order valence-corrected chi connectivity index (χ4v) is 4.38. The minimum absolute atomic E-state index is 0.0878. The summed E-state index contributed by atoms with van der Waals surface area (Å²) in [4.78, 5) is 13.9. The standard InChI is InChI=1S/C16H16ClN2O5PS/c17-11-1-3-13-10(7-11)8-21-25(24-13)22-9-12-2-4-15(23-12)19-6-5-14(20)18-16(19)26/h1,3,5-7,12,15H,2,4,8-9H2,(H,18,20,26). The van der Waals surface area contributed by atoms with Gasteiger partial charge in [-0.15, -0.1) is 0 Å². The van der Waals surface area contributed by atoms with Crippen LogP contribution in [0.4, 0.5) is 0 Å². The Hall–Kier alpha value is -1.28. The molecule has 7 nitrogen and oxygen atoms in total. The smallest absolute Gasteiger partial charge is 0.397 e. The summed E-state index contributed by atoms with van der Waals surface area (Å²) in [6, 6.07) is 6.85. The van der Waals surface area contributed by atoms with Gasteiger partial charge in [0.1, 0.15) is 12.0 Å². The van der Waals surface area contributed by atoms with Gasteiger partial charge in [0.15, 0.2) is 4.77 Å². The number of nitrogens with zero attached hydrogens (tertiary/aromatic N) is 1. The Morgan fingerprint density at radius 3 is 3.12 bits per heavy atom.